The zero-order valence-corrected chi connectivity index (χ0v) is 21.6. The molecule has 0 aliphatic carbocycles. The Hall–Kier alpha value is -3.88. The van der Waals surface area contributed by atoms with E-state index in [-0.39, 0.29) is 5.91 Å². The predicted octanol–water partition coefficient (Wildman–Crippen LogP) is 4.64. The Morgan fingerprint density at radius 3 is 2.39 bits per heavy atom. The first kappa shape index (κ1) is 24.5. The topological polar surface area (TPSA) is 85.5 Å². The number of H-pyrrole nitrogens is 1. The molecule has 1 amide bonds. The highest BCUT2D eigenvalue weighted by atomic mass is 16.5. The fourth-order valence-electron chi connectivity index (χ4n) is 5.16. The molecule has 2 aliphatic rings. The molecule has 38 heavy (non-hydrogen) atoms. The van der Waals surface area contributed by atoms with Crippen molar-refractivity contribution in [1.29, 1.82) is 0 Å². The minimum absolute atomic E-state index is 0.0569. The van der Waals surface area contributed by atoms with Gasteiger partial charge in [0.2, 0.25) is 0 Å². The average molecular weight is 511 g/mol. The molecule has 8 nitrogen and oxygen atoms in total. The number of rotatable bonds is 8. The number of hydrogen-bond acceptors (Lipinski definition) is 6. The minimum Gasteiger partial charge on any atom is -0.379 e. The maximum Gasteiger partial charge on any atom is 0.251 e. The van der Waals surface area contributed by atoms with Crippen LogP contribution in [0.2, 0.25) is 0 Å². The lowest BCUT2D eigenvalue weighted by Crippen LogP contribution is -2.41. The van der Waals surface area contributed by atoms with E-state index in [9.17, 15) is 4.79 Å². The number of ether oxygens (including phenoxy) is 1. The van der Waals surface area contributed by atoms with Crippen LogP contribution in [0.4, 0.5) is 17.1 Å². The van der Waals surface area contributed by atoms with Gasteiger partial charge in [0.05, 0.1) is 24.2 Å². The van der Waals surface area contributed by atoms with Crippen LogP contribution in [0.3, 0.4) is 0 Å². The van der Waals surface area contributed by atoms with Crippen LogP contribution in [0.5, 0.6) is 0 Å². The SMILES string of the molecule is O=C(NCCN1CCOCC1)c1ccc(-c2nc3ccc(Nc4ccc(N5CCCC5)cc4)cc3[nH]2)cc1. The summed E-state index contributed by atoms with van der Waals surface area (Å²) < 4.78 is 5.37. The summed E-state index contributed by atoms with van der Waals surface area (Å²) in [6, 6.07) is 22.4. The lowest BCUT2D eigenvalue weighted by molar-refractivity contribution is 0.0383. The van der Waals surface area contributed by atoms with Crippen molar-refractivity contribution in [3.05, 3.63) is 72.3 Å². The van der Waals surface area contributed by atoms with E-state index in [4.69, 9.17) is 9.72 Å². The molecule has 8 heteroatoms. The van der Waals surface area contributed by atoms with Crippen LogP contribution in [0, 0.1) is 0 Å². The zero-order chi connectivity index (χ0) is 25.7. The molecule has 0 atom stereocenters. The number of carbonyl (C=O) groups is 1. The number of aromatic amines is 1. The number of hydrogen-bond donors (Lipinski definition) is 3. The van der Waals surface area contributed by atoms with Crippen molar-refractivity contribution in [2.24, 2.45) is 0 Å². The van der Waals surface area contributed by atoms with E-state index in [0.29, 0.717) is 12.1 Å². The van der Waals surface area contributed by atoms with E-state index in [1.54, 1.807) is 0 Å². The van der Waals surface area contributed by atoms with Gasteiger partial charge in [-0.2, -0.15) is 0 Å². The van der Waals surface area contributed by atoms with E-state index in [1.165, 1.54) is 18.5 Å². The van der Waals surface area contributed by atoms with Crippen molar-refractivity contribution >= 4 is 34.0 Å². The van der Waals surface area contributed by atoms with Gasteiger partial charge in [0, 0.05) is 67.5 Å². The van der Waals surface area contributed by atoms with E-state index in [1.807, 2.05) is 36.4 Å². The molecular weight excluding hydrogens is 476 g/mol. The van der Waals surface area contributed by atoms with Crippen molar-refractivity contribution in [1.82, 2.24) is 20.2 Å². The van der Waals surface area contributed by atoms with Gasteiger partial charge in [0.15, 0.2) is 0 Å². The molecule has 3 N–H and O–H groups in total. The third-order valence-electron chi connectivity index (χ3n) is 7.35. The number of nitrogens with zero attached hydrogens (tertiary/aromatic N) is 3. The average Bonchev–Trinajstić information content (AvgIpc) is 3.65. The monoisotopic (exact) mass is 510 g/mol. The Morgan fingerprint density at radius 2 is 1.63 bits per heavy atom. The highest BCUT2D eigenvalue weighted by Crippen LogP contribution is 2.27. The highest BCUT2D eigenvalue weighted by Gasteiger charge is 2.13. The Balaban J connectivity index is 1.07. The lowest BCUT2D eigenvalue weighted by Gasteiger charge is -2.26. The summed E-state index contributed by atoms with van der Waals surface area (Å²) in [4.78, 5) is 25.5. The van der Waals surface area contributed by atoms with Crippen LogP contribution in [-0.2, 0) is 4.74 Å². The summed E-state index contributed by atoms with van der Waals surface area (Å²) in [6.07, 6.45) is 2.56. The van der Waals surface area contributed by atoms with E-state index < -0.39 is 0 Å². The molecule has 3 aromatic carbocycles. The molecule has 4 aromatic rings. The van der Waals surface area contributed by atoms with Crippen LogP contribution >= 0.6 is 0 Å². The number of fused-ring (bicyclic) bond motifs is 1. The van der Waals surface area contributed by atoms with Crippen LogP contribution in [0.25, 0.3) is 22.4 Å². The Labute approximate surface area is 223 Å². The molecule has 0 unspecified atom stereocenters. The van der Waals surface area contributed by atoms with Crippen molar-refractivity contribution in [2.45, 2.75) is 12.8 Å². The largest absolute Gasteiger partial charge is 0.379 e. The quantitative estimate of drug-likeness (QED) is 0.320. The van der Waals surface area contributed by atoms with Gasteiger partial charge >= 0.3 is 0 Å². The van der Waals surface area contributed by atoms with Crippen LogP contribution in [-0.4, -0.2) is 73.3 Å². The normalized spacial score (nSPS) is 16.2. The van der Waals surface area contributed by atoms with E-state index in [0.717, 1.165) is 79.7 Å². The second kappa shape index (κ2) is 11.2. The van der Waals surface area contributed by atoms with Gasteiger partial charge in [-0.05, 0) is 67.4 Å². The van der Waals surface area contributed by atoms with Gasteiger partial charge in [-0.15, -0.1) is 0 Å². The van der Waals surface area contributed by atoms with Crippen molar-refractivity contribution < 1.29 is 9.53 Å². The van der Waals surface area contributed by atoms with Gasteiger partial charge in [0.1, 0.15) is 5.82 Å². The van der Waals surface area contributed by atoms with Gasteiger partial charge in [0.25, 0.3) is 5.91 Å². The van der Waals surface area contributed by atoms with E-state index in [2.05, 4.69) is 55.7 Å². The second-order valence-electron chi connectivity index (χ2n) is 9.97. The molecule has 0 radical (unpaired) electrons. The summed E-state index contributed by atoms with van der Waals surface area (Å²) in [5.74, 6) is 0.727. The lowest BCUT2D eigenvalue weighted by atomic mass is 10.1. The molecule has 1 aromatic heterocycles. The first-order valence-corrected chi connectivity index (χ1v) is 13.5. The van der Waals surface area contributed by atoms with Crippen LogP contribution in [0.1, 0.15) is 23.2 Å². The maximum atomic E-state index is 12.6. The number of amides is 1. The minimum atomic E-state index is -0.0569. The zero-order valence-electron chi connectivity index (χ0n) is 21.6. The van der Waals surface area contributed by atoms with Gasteiger partial charge in [-0.3, -0.25) is 9.69 Å². The van der Waals surface area contributed by atoms with Crippen molar-refractivity contribution in [2.75, 3.05) is 62.7 Å². The molecule has 2 aliphatic heterocycles. The van der Waals surface area contributed by atoms with E-state index >= 15 is 0 Å². The maximum absolute atomic E-state index is 12.6. The van der Waals surface area contributed by atoms with Gasteiger partial charge in [-0.25, -0.2) is 4.98 Å². The highest BCUT2D eigenvalue weighted by molar-refractivity contribution is 5.94. The first-order valence-electron chi connectivity index (χ1n) is 13.5. The summed E-state index contributed by atoms with van der Waals surface area (Å²) in [6.45, 7) is 7.14. The number of carbonyl (C=O) groups excluding carboxylic acids is 1. The molecule has 2 fully saturated rings. The smallest absolute Gasteiger partial charge is 0.251 e. The summed E-state index contributed by atoms with van der Waals surface area (Å²) in [5, 5.41) is 6.52. The predicted molar refractivity (Wildman–Crippen MR) is 152 cm³/mol. The number of morpholine rings is 1. The van der Waals surface area contributed by atoms with Crippen molar-refractivity contribution in [3.8, 4) is 11.4 Å². The molecule has 196 valence electrons. The fourth-order valence-corrected chi connectivity index (χ4v) is 5.16. The summed E-state index contributed by atoms with van der Waals surface area (Å²) in [7, 11) is 0. The third-order valence-corrected chi connectivity index (χ3v) is 7.35. The number of anilines is 3. The molecular formula is C30H34N6O2. The molecule has 0 spiro atoms. The third kappa shape index (κ3) is 5.66. The van der Waals surface area contributed by atoms with Gasteiger partial charge < -0.3 is 25.3 Å². The standard InChI is InChI=1S/C30H34N6O2/c37-30(31-13-16-35-17-19-38-20-18-35)23-5-3-22(4-6-23)29-33-27-12-9-25(21-28(27)34-29)32-24-7-10-26(11-8-24)36-14-1-2-15-36/h3-12,21,32H,1-2,13-20H2,(H,31,37)(H,33,34). The molecule has 3 heterocycles. The number of aromatic nitrogens is 2. The number of nitrogens with one attached hydrogen (secondary N) is 3. The Morgan fingerprint density at radius 1 is 0.895 bits per heavy atom. The van der Waals surface area contributed by atoms with Crippen LogP contribution in [0.15, 0.2) is 66.7 Å². The molecule has 0 bridgehead atoms. The first-order chi connectivity index (χ1) is 18.7. The van der Waals surface area contributed by atoms with Crippen molar-refractivity contribution in [3.63, 3.8) is 0 Å². The number of benzene rings is 3. The van der Waals surface area contributed by atoms with Crippen LogP contribution < -0.4 is 15.5 Å². The van der Waals surface area contributed by atoms with Gasteiger partial charge in [-0.1, -0.05) is 12.1 Å². The second-order valence-corrected chi connectivity index (χ2v) is 9.97. The Kier molecular flexibility index (Phi) is 7.24. The molecule has 2 saturated heterocycles. The summed E-state index contributed by atoms with van der Waals surface area (Å²) in [5.41, 5.74) is 6.81. The summed E-state index contributed by atoms with van der Waals surface area (Å²) >= 11 is 0. The Bertz CT molecular complexity index is 1370. The molecule has 0 saturated carbocycles. The molecule has 6 rings (SSSR count). The fraction of sp³-hybridized carbons (Fsp3) is 0.333. The number of imidazole rings is 1.